The van der Waals surface area contributed by atoms with E-state index >= 15 is 0 Å². The minimum absolute atomic E-state index is 0.0127. The number of aryl methyl sites for hydroxylation is 1. The second kappa shape index (κ2) is 5.75. The Hall–Kier alpha value is -0.0200. The van der Waals surface area contributed by atoms with Gasteiger partial charge in [-0.1, -0.05) is 23.7 Å². The van der Waals surface area contributed by atoms with Gasteiger partial charge < -0.3 is 0 Å². The van der Waals surface area contributed by atoms with Crippen molar-refractivity contribution < 1.29 is 0 Å². The van der Waals surface area contributed by atoms with Crippen molar-refractivity contribution in [2.24, 2.45) is 0 Å². The Labute approximate surface area is 124 Å². The summed E-state index contributed by atoms with van der Waals surface area (Å²) in [7, 11) is 0. The first-order valence-corrected chi connectivity index (χ1v) is 7.63. The lowest BCUT2D eigenvalue weighted by Gasteiger charge is -2.09. The van der Waals surface area contributed by atoms with E-state index in [1.54, 1.807) is 11.3 Å². The van der Waals surface area contributed by atoms with Crippen molar-refractivity contribution in [1.29, 1.82) is 0 Å². The van der Waals surface area contributed by atoms with Crippen LogP contribution in [0.25, 0.3) is 0 Å². The van der Waals surface area contributed by atoms with Crippen LogP contribution in [0, 0.1) is 6.92 Å². The SMILES string of the molecule is Cc1sc(Br)cc1C(Cl)Cc1ccc(Cl)cc1. The summed E-state index contributed by atoms with van der Waals surface area (Å²) in [6, 6.07) is 9.95. The summed E-state index contributed by atoms with van der Waals surface area (Å²) in [5.41, 5.74) is 2.41. The van der Waals surface area contributed by atoms with Gasteiger partial charge in [-0.2, -0.15) is 0 Å². The maximum Gasteiger partial charge on any atom is 0.0704 e. The molecule has 0 nitrogen and oxygen atoms in total. The molecule has 0 aliphatic rings. The quantitative estimate of drug-likeness (QED) is 0.596. The van der Waals surface area contributed by atoms with Crippen LogP contribution in [0.1, 0.15) is 21.4 Å². The highest BCUT2D eigenvalue weighted by Crippen LogP contribution is 2.35. The van der Waals surface area contributed by atoms with Gasteiger partial charge in [0.2, 0.25) is 0 Å². The molecule has 2 rings (SSSR count). The zero-order valence-electron chi connectivity index (χ0n) is 9.21. The van der Waals surface area contributed by atoms with Crippen molar-refractivity contribution in [2.75, 3.05) is 0 Å². The van der Waals surface area contributed by atoms with Crippen molar-refractivity contribution in [3.63, 3.8) is 0 Å². The van der Waals surface area contributed by atoms with Crippen LogP contribution in [0.15, 0.2) is 34.1 Å². The Morgan fingerprint density at radius 2 is 1.94 bits per heavy atom. The van der Waals surface area contributed by atoms with Crippen LogP contribution in [-0.4, -0.2) is 0 Å². The number of thiophene rings is 1. The normalized spacial score (nSPS) is 12.7. The van der Waals surface area contributed by atoms with Crippen molar-refractivity contribution in [3.8, 4) is 0 Å². The predicted molar refractivity (Wildman–Crippen MR) is 80.5 cm³/mol. The smallest absolute Gasteiger partial charge is 0.0704 e. The molecule has 0 saturated carbocycles. The van der Waals surface area contributed by atoms with E-state index in [-0.39, 0.29) is 5.38 Å². The molecule has 0 fully saturated rings. The summed E-state index contributed by atoms with van der Waals surface area (Å²) in [5.74, 6) is 0. The molecule has 0 aliphatic heterocycles. The summed E-state index contributed by atoms with van der Waals surface area (Å²) in [6.45, 7) is 2.10. The third-order valence-corrected chi connectivity index (χ3v) is 4.80. The molecular formula is C13H11BrCl2S. The predicted octanol–water partition coefficient (Wildman–Crippen LogP) is 6.00. The molecule has 0 aliphatic carbocycles. The Bertz CT molecular complexity index is 505. The van der Waals surface area contributed by atoms with Crippen LogP contribution in [0.2, 0.25) is 5.02 Å². The fourth-order valence-corrected chi connectivity index (χ4v) is 4.07. The standard InChI is InChI=1S/C13H11BrCl2S/c1-8-11(7-13(14)17-8)12(16)6-9-2-4-10(15)5-3-9/h2-5,7,12H,6H2,1H3. The van der Waals surface area contributed by atoms with E-state index in [2.05, 4.69) is 28.9 Å². The monoisotopic (exact) mass is 348 g/mol. The molecule has 0 amide bonds. The average molecular weight is 350 g/mol. The molecule has 0 spiro atoms. The largest absolute Gasteiger partial charge is 0.133 e. The zero-order chi connectivity index (χ0) is 12.4. The Balaban J connectivity index is 2.14. The first kappa shape index (κ1) is 13.4. The fourth-order valence-electron chi connectivity index (χ4n) is 1.71. The van der Waals surface area contributed by atoms with E-state index in [0.29, 0.717) is 0 Å². The van der Waals surface area contributed by atoms with E-state index in [1.165, 1.54) is 16.0 Å². The van der Waals surface area contributed by atoms with Gasteiger partial charge in [0, 0.05) is 9.90 Å². The number of hydrogen-bond donors (Lipinski definition) is 0. The molecular weight excluding hydrogens is 339 g/mol. The lowest BCUT2D eigenvalue weighted by molar-refractivity contribution is 0.917. The molecule has 1 aromatic carbocycles. The van der Waals surface area contributed by atoms with Gasteiger partial charge in [0.05, 0.1) is 9.16 Å². The van der Waals surface area contributed by atoms with Gasteiger partial charge in [-0.05, 0) is 58.6 Å². The summed E-state index contributed by atoms with van der Waals surface area (Å²) < 4.78 is 1.13. The molecule has 1 heterocycles. The zero-order valence-corrected chi connectivity index (χ0v) is 13.1. The number of benzene rings is 1. The van der Waals surface area contributed by atoms with Crippen molar-refractivity contribution >= 4 is 50.5 Å². The highest BCUT2D eigenvalue weighted by molar-refractivity contribution is 9.11. The minimum Gasteiger partial charge on any atom is -0.133 e. The van der Waals surface area contributed by atoms with Crippen molar-refractivity contribution in [3.05, 3.63) is 55.1 Å². The van der Waals surface area contributed by atoms with Crippen LogP contribution in [0.5, 0.6) is 0 Å². The number of halogens is 3. The highest BCUT2D eigenvalue weighted by atomic mass is 79.9. The molecule has 1 unspecified atom stereocenters. The maximum absolute atomic E-state index is 6.45. The van der Waals surface area contributed by atoms with Crippen LogP contribution < -0.4 is 0 Å². The van der Waals surface area contributed by atoms with Crippen LogP contribution in [0.3, 0.4) is 0 Å². The summed E-state index contributed by atoms with van der Waals surface area (Å²) >= 11 is 17.5. The minimum atomic E-state index is 0.0127. The van der Waals surface area contributed by atoms with Gasteiger partial charge in [-0.25, -0.2) is 0 Å². The van der Waals surface area contributed by atoms with E-state index in [1.807, 2.05) is 24.3 Å². The summed E-state index contributed by atoms with van der Waals surface area (Å²) in [5, 5.41) is 0.771. The molecule has 0 bridgehead atoms. The second-order valence-corrected chi connectivity index (χ2v) is 7.46. The topological polar surface area (TPSA) is 0 Å². The highest BCUT2D eigenvalue weighted by Gasteiger charge is 2.14. The number of alkyl halides is 1. The molecule has 90 valence electrons. The summed E-state index contributed by atoms with van der Waals surface area (Å²) in [6.07, 6.45) is 0.822. The van der Waals surface area contributed by atoms with Gasteiger partial charge in [-0.15, -0.1) is 22.9 Å². The van der Waals surface area contributed by atoms with E-state index in [9.17, 15) is 0 Å². The van der Waals surface area contributed by atoms with Gasteiger partial charge in [0.25, 0.3) is 0 Å². The molecule has 2 aromatic rings. The summed E-state index contributed by atoms with van der Waals surface area (Å²) in [4.78, 5) is 1.27. The fraction of sp³-hybridized carbons (Fsp3) is 0.231. The van der Waals surface area contributed by atoms with Crippen molar-refractivity contribution in [1.82, 2.24) is 0 Å². The first-order chi connectivity index (χ1) is 8.06. The van der Waals surface area contributed by atoms with Crippen LogP contribution in [-0.2, 0) is 6.42 Å². The average Bonchev–Trinajstić information content (AvgIpc) is 2.61. The number of hydrogen-bond acceptors (Lipinski definition) is 1. The lowest BCUT2D eigenvalue weighted by Crippen LogP contribution is -1.95. The third-order valence-electron chi connectivity index (χ3n) is 2.59. The van der Waals surface area contributed by atoms with E-state index < -0.39 is 0 Å². The molecule has 1 aromatic heterocycles. The van der Waals surface area contributed by atoms with E-state index in [4.69, 9.17) is 23.2 Å². The molecule has 1 atom stereocenters. The van der Waals surface area contributed by atoms with Gasteiger partial charge in [0.15, 0.2) is 0 Å². The Morgan fingerprint density at radius 1 is 1.29 bits per heavy atom. The molecule has 0 N–H and O–H groups in total. The van der Waals surface area contributed by atoms with Crippen LogP contribution >= 0.6 is 50.5 Å². The number of rotatable bonds is 3. The molecule has 0 radical (unpaired) electrons. The van der Waals surface area contributed by atoms with Crippen LogP contribution in [0.4, 0.5) is 0 Å². The van der Waals surface area contributed by atoms with Crippen molar-refractivity contribution in [2.45, 2.75) is 18.7 Å². The van der Waals surface area contributed by atoms with Gasteiger partial charge in [0.1, 0.15) is 0 Å². The second-order valence-electron chi connectivity index (χ2n) is 3.86. The molecule has 0 saturated heterocycles. The van der Waals surface area contributed by atoms with Gasteiger partial charge >= 0.3 is 0 Å². The molecule has 4 heteroatoms. The van der Waals surface area contributed by atoms with E-state index in [0.717, 1.165) is 15.2 Å². The first-order valence-electron chi connectivity index (χ1n) is 5.20. The third kappa shape index (κ3) is 3.47. The Morgan fingerprint density at radius 3 is 2.47 bits per heavy atom. The molecule has 17 heavy (non-hydrogen) atoms. The lowest BCUT2D eigenvalue weighted by atomic mass is 10.0. The Kier molecular flexibility index (Phi) is 4.53. The van der Waals surface area contributed by atoms with Gasteiger partial charge in [-0.3, -0.25) is 0 Å². The maximum atomic E-state index is 6.45.